The van der Waals surface area contributed by atoms with Crippen molar-refractivity contribution in [3.05, 3.63) is 71.2 Å². The van der Waals surface area contributed by atoms with Gasteiger partial charge in [0.25, 0.3) is 0 Å². The molecule has 0 spiro atoms. The lowest BCUT2D eigenvalue weighted by Crippen LogP contribution is -2.08. The number of furan rings is 2. The Morgan fingerprint density at radius 1 is 1.00 bits per heavy atom. The normalized spacial score (nSPS) is 14.2. The zero-order chi connectivity index (χ0) is 20.5. The fraction of sp³-hybridized carbons (Fsp3) is 0.200. The summed E-state index contributed by atoms with van der Waals surface area (Å²) in [6, 6.07) is 15.8. The molecule has 0 aliphatic heterocycles. The molecule has 0 aliphatic carbocycles. The molecule has 0 bridgehead atoms. The SMILES string of the molecule is C#CCC(N)c1ccc2oc(/C=C(\C)c3cc4cc(C(C)N)ccc4o3)cc2c1. The zero-order valence-electron chi connectivity index (χ0n) is 16.6. The second-order valence-electron chi connectivity index (χ2n) is 7.48. The van der Waals surface area contributed by atoms with Crippen LogP contribution in [0, 0.1) is 12.3 Å². The van der Waals surface area contributed by atoms with Crippen LogP contribution in [-0.2, 0) is 0 Å². The lowest BCUT2D eigenvalue weighted by molar-refractivity contribution is 0.595. The number of terminal acetylenes is 1. The summed E-state index contributed by atoms with van der Waals surface area (Å²) in [7, 11) is 0. The third-order valence-corrected chi connectivity index (χ3v) is 5.14. The largest absolute Gasteiger partial charge is 0.457 e. The van der Waals surface area contributed by atoms with Crippen LogP contribution in [0.4, 0.5) is 0 Å². The molecule has 0 saturated carbocycles. The number of hydrogen-bond donors (Lipinski definition) is 2. The summed E-state index contributed by atoms with van der Waals surface area (Å²) >= 11 is 0. The van der Waals surface area contributed by atoms with Gasteiger partial charge >= 0.3 is 0 Å². The van der Waals surface area contributed by atoms with E-state index < -0.39 is 0 Å². The highest BCUT2D eigenvalue weighted by atomic mass is 16.3. The fourth-order valence-electron chi connectivity index (χ4n) is 3.45. The van der Waals surface area contributed by atoms with Gasteiger partial charge in [0, 0.05) is 29.3 Å². The molecule has 0 amide bonds. The highest BCUT2D eigenvalue weighted by Gasteiger charge is 2.11. The molecule has 4 nitrogen and oxygen atoms in total. The van der Waals surface area contributed by atoms with Crippen molar-refractivity contribution in [1.29, 1.82) is 0 Å². The predicted octanol–water partition coefficient (Wildman–Crippen LogP) is 5.78. The van der Waals surface area contributed by atoms with E-state index in [4.69, 9.17) is 26.7 Å². The maximum Gasteiger partial charge on any atom is 0.134 e. The van der Waals surface area contributed by atoms with Gasteiger partial charge in [-0.2, -0.15) is 0 Å². The Labute approximate surface area is 170 Å². The quantitative estimate of drug-likeness (QED) is 0.427. The Bertz CT molecular complexity index is 1250. The molecule has 0 radical (unpaired) electrons. The Kier molecular flexibility index (Phi) is 5.02. The first-order valence-electron chi connectivity index (χ1n) is 9.65. The van der Waals surface area contributed by atoms with Crippen molar-refractivity contribution in [3.8, 4) is 12.3 Å². The summed E-state index contributed by atoms with van der Waals surface area (Å²) < 4.78 is 12.0. The van der Waals surface area contributed by atoms with Gasteiger partial charge in [0.05, 0.1) is 0 Å². The van der Waals surface area contributed by atoms with E-state index in [1.54, 1.807) is 0 Å². The minimum atomic E-state index is -0.170. The Morgan fingerprint density at radius 2 is 1.66 bits per heavy atom. The van der Waals surface area contributed by atoms with Crippen molar-refractivity contribution in [3.63, 3.8) is 0 Å². The van der Waals surface area contributed by atoms with Gasteiger partial charge in [-0.15, -0.1) is 12.3 Å². The van der Waals surface area contributed by atoms with E-state index in [9.17, 15) is 0 Å². The van der Waals surface area contributed by atoms with Crippen LogP contribution >= 0.6 is 0 Å². The molecule has 2 heterocycles. The third-order valence-electron chi connectivity index (χ3n) is 5.14. The molecule has 4 heteroatoms. The van der Waals surface area contributed by atoms with Gasteiger partial charge in [0.2, 0.25) is 0 Å². The second kappa shape index (κ2) is 7.63. The highest BCUT2D eigenvalue weighted by Crippen LogP contribution is 2.30. The first-order chi connectivity index (χ1) is 13.9. The molecular weight excluding hydrogens is 360 g/mol. The average molecular weight is 384 g/mol. The average Bonchev–Trinajstić information content (AvgIpc) is 3.30. The van der Waals surface area contributed by atoms with E-state index in [2.05, 4.69) is 12.0 Å². The molecule has 2 aromatic carbocycles. The monoisotopic (exact) mass is 384 g/mol. The van der Waals surface area contributed by atoms with Gasteiger partial charge < -0.3 is 20.3 Å². The minimum Gasteiger partial charge on any atom is -0.457 e. The first kappa shape index (κ1) is 19.1. The van der Waals surface area contributed by atoms with Crippen molar-refractivity contribution in [2.24, 2.45) is 11.5 Å². The lowest BCUT2D eigenvalue weighted by atomic mass is 10.0. The van der Waals surface area contributed by atoms with Crippen LogP contribution in [0.3, 0.4) is 0 Å². The molecule has 2 aromatic heterocycles. The standard InChI is InChI=1S/C25H24N2O2/c1-4-5-22(27)18-7-9-23-19(12-18)13-21(28-23)10-15(2)25-14-20-11-17(16(3)26)6-8-24(20)29-25/h1,6-14,16,22H,5,26-27H2,2-3H3/b15-10+. The Balaban J connectivity index is 1.65. The maximum absolute atomic E-state index is 6.12. The fourth-order valence-corrected chi connectivity index (χ4v) is 3.45. The first-order valence-corrected chi connectivity index (χ1v) is 9.65. The molecule has 0 aliphatic rings. The van der Waals surface area contributed by atoms with E-state index in [0.717, 1.165) is 50.2 Å². The number of fused-ring (bicyclic) bond motifs is 2. The van der Waals surface area contributed by atoms with Crippen LogP contribution in [0.5, 0.6) is 0 Å². The Hall–Kier alpha value is -3.26. The second-order valence-corrected chi connectivity index (χ2v) is 7.48. The predicted molar refractivity (Wildman–Crippen MR) is 119 cm³/mol. The number of nitrogens with two attached hydrogens (primary N) is 2. The van der Waals surface area contributed by atoms with Gasteiger partial charge in [-0.05, 0) is 73.0 Å². The van der Waals surface area contributed by atoms with Crippen LogP contribution in [-0.4, -0.2) is 0 Å². The molecule has 29 heavy (non-hydrogen) atoms. The van der Waals surface area contributed by atoms with Crippen LogP contribution in [0.1, 0.15) is 55.0 Å². The van der Waals surface area contributed by atoms with Crippen LogP contribution in [0.25, 0.3) is 33.6 Å². The molecule has 2 atom stereocenters. The number of rotatable bonds is 5. The van der Waals surface area contributed by atoms with Crippen molar-refractivity contribution in [2.75, 3.05) is 0 Å². The maximum atomic E-state index is 6.12. The highest BCUT2D eigenvalue weighted by molar-refractivity contribution is 5.88. The molecule has 0 fully saturated rings. The summed E-state index contributed by atoms with van der Waals surface area (Å²) in [5.41, 5.74) is 16.8. The number of benzene rings is 2. The smallest absolute Gasteiger partial charge is 0.134 e. The van der Waals surface area contributed by atoms with Gasteiger partial charge in [0.1, 0.15) is 22.7 Å². The van der Waals surface area contributed by atoms with E-state index >= 15 is 0 Å². The minimum absolute atomic E-state index is 0.0106. The van der Waals surface area contributed by atoms with Crippen molar-refractivity contribution in [2.45, 2.75) is 32.4 Å². The van der Waals surface area contributed by atoms with Crippen molar-refractivity contribution in [1.82, 2.24) is 0 Å². The number of hydrogen-bond acceptors (Lipinski definition) is 4. The Morgan fingerprint density at radius 3 is 2.38 bits per heavy atom. The summed E-state index contributed by atoms with van der Waals surface area (Å²) in [4.78, 5) is 0. The lowest BCUT2D eigenvalue weighted by Gasteiger charge is -2.07. The summed E-state index contributed by atoms with van der Waals surface area (Å²) in [6.45, 7) is 3.98. The van der Waals surface area contributed by atoms with Gasteiger partial charge in [-0.3, -0.25) is 0 Å². The van der Waals surface area contributed by atoms with Crippen LogP contribution in [0.15, 0.2) is 57.4 Å². The molecule has 0 saturated heterocycles. The van der Waals surface area contributed by atoms with Crippen molar-refractivity contribution >= 4 is 33.6 Å². The van der Waals surface area contributed by atoms with E-state index in [-0.39, 0.29) is 12.1 Å². The summed E-state index contributed by atoms with van der Waals surface area (Å²) in [5, 5.41) is 2.04. The van der Waals surface area contributed by atoms with Gasteiger partial charge in [-0.1, -0.05) is 12.1 Å². The molecule has 146 valence electrons. The van der Waals surface area contributed by atoms with E-state index in [1.807, 2.05) is 62.4 Å². The third kappa shape index (κ3) is 3.84. The van der Waals surface area contributed by atoms with Gasteiger partial charge in [-0.25, -0.2) is 0 Å². The zero-order valence-corrected chi connectivity index (χ0v) is 16.6. The topological polar surface area (TPSA) is 78.3 Å². The molecule has 4 aromatic rings. The van der Waals surface area contributed by atoms with Gasteiger partial charge in [0.15, 0.2) is 0 Å². The van der Waals surface area contributed by atoms with Crippen LogP contribution < -0.4 is 11.5 Å². The number of allylic oxidation sites excluding steroid dienone is 1. The van der Waals surface area contributed by atoms with E-state index in [0.29, 0.717) is 6.42 Å². The summed E-state index contributed by atoms with van der Waals surface area (Å²) in [6.07, 6.45) is 7.86. The molecular formula is C25H24N2O2. The van der Waals surface area contributed by atoms with Crippen LogP contribution in [0.2, 0.25) is 0 Å². The summed E-state index contributed by atoms with van der Waals surface area (Å²) in [5.74, 6) is 4.17. The van der Waals surface area contributed by atoms with E-state index in [1.165, 1.54) is 0 Å². The van der Waals surface area contributed by atoms with Crippen molar-refractivity contribution < 1.29 is 8.83 Å². The molecule has 4 rings (SSSR count). The molecule has 4 N–H and O–H groups in total. The molecule has 2 unspecified atom stereocenters.